The molecule has 0 aliphatic carbocycles. The van der Waals surface area contributed by atoms with Gasteiger partial charge in [0.1, 0.15) is 0 Å². The van der Waals surface area contributed by atoms with Crippen LogP contribution >= 0.6 is 11.3 Å². The van der Waals surface area contributed by atoms with Gasteiger partial charge in [-0.25, -0.2) is 4.40 Å². The second-order valence-corrected chi connectivity index (χ2v) is 7.84. The van der Waals surface area contributed by atoms with E-state index < -0.39 is 56.5 Å². The van der Waals surface area contributed by atoms with Crippen LogP contribution in [-0.4, -0.2) is 44.5 Å². The molecule has 0 N–H and O–H groups in total. The Bertz CT molecular complexity index is 1300. The lowest BCUT2D eigenvalue weighted by Gasteiger charge is -2.39. The molecule has 3 aromatic rings. The average molecular weight is 547 g/mol. The lowest BCUT2D eigenvalue weighted by atomic mass is 9.93. The number of nitrogens with zero attached hydrogens (tertiary/aromatic N) is 3. The Morgan fingerprint density at radius 3 is 1.71 bits per heavy atom. The zero-order valence-electron chi connectivity index (χ0n) is 16.0. The van der Waals surface area contributed by atoms with Crippen LogP contribution < -0.4 is 5.56 Å². The SMILES string of the molecule is O=c1cc(-c2ccccc2)sc2nnc(C(F)(F)C(F)(F)C(F)(F)C(F)(F)C(F)(F)C(F)(F)F)n12. The number of rotatable bonds is 6. The Hall–Kier alpha value is -2.92. The highest BCUT2D eigenvalue weighted by Gasteiger charge is 2.91. The quantitative estimate of drug-likeness (QED) is 0.355. The van der Waals surface area contributed by atoms with Crippen molar-refractivity contribution in [3.8, 4) is 10.4 Å². The van der Waals surface area contributed by atoms with Gasteiger partial charge in [-0.1, -0.05) is 41.7 Å². The lowest BCUT2D eigenvalue weighted by molar-refractivity contribution is -0.442. The lowest BCUT2D eigenvalue weighted by Crippen LogP contribution is -2.69. The van der Waals surface area contributed by atoms with Gasteiger partial charge in [-0.05, 0) is 5.56 Å². The average Bonchev–Trinajstić information content (AvgIpc) is 3.18. The summed E-state index contributed by atoms with van der Waals surface area (Å²) in [7, 11) is 0. The van der Waals surface area contributed by atoms with E-state index in [9.17, 15) is 61.9 Å². The summed E-state index contributed by atoms with van der Waals surface area (Å²) in [5.41, 5.74) is -1.37. The van der Waals surface area contributed by atoms with Crippen LogP contribution in [0.2, 0.25) is 0 Å². The van der Waals surface area contributed by atoms with Gasteiger partial charge in [0.15, 0.2) is 0 Å². The minimum absolute atomic E-state index is 0.0150. The third-order valence-electron chi connectivity index (χ3n) is 4.58. The number of benzene rings is 1. The van der Waals surface area contributed by atoms with E-state index in [0.717, 1.165) is 0 Å². The van der Waals surface area contributed by atoms with Crippen molar-refractivity contribution in [2.24, 2.45) is 0 Å². The van der Waals surface area contributed by atoms with E-state index in [4.69, 9.17) is 0 Å². The predicted octanol–water partition coefficient (Wildman–Crippen LogP) is 6.01. The fourth-order valence-electron chi connectivity index (χ4n) is 2.70. The number of fused-ring (bicyclic) bond motifs is 1. The normalized spacial score (nSPS) is 14.5. The first-order valence-corrected chi connectivity index (χ1v) is 9.44. The van der Waals surface area contributed by atoms with Crippen LogP contribution in [0.5, 0.6) is 0 Å². The molecule has 0 bridgehead atoms. The molecule has 0 aliphatic heterocycles. The number of hydrogen-bond donors (Lipinski definition) is 0. The second kappa shape index (κ2) is 7.79. The summed E-state index contributed by atoms with van der Waals surface area (Å²) in [6.45, 7) is 0. The smallest absolute Gasteiger partial charge is 0.269 e. The first-order chi connectivity index (χ1) is 15.7. The molecule has 2 heterocycles. The Kier molecular flexibility index (Phi) is 5.94. The van der Waals surface area contributed by atoms with Gasteiger partial charge in [0.25, 0.3) is 5.56 Å². The maximum absolute atomic E-state index is 14.5. The van der Waals surface area contributed by atoms with Gasteiger partial charge in [-0.3, -0.25) is 4.79 Å². The van der Waals surface area contributed by atoms with E-state index in [1.165, 1.54) is 24.3 Å². The van der Waals surface area contributed by atoms with E-state index in [-0.39, 0.29) is 10.4 Å². The van der Waals surface area contributed by atoms with Crippen molar-refractivity contribution in [2.75, 3.05) is 0 Å². The van der Waals surface area contributed by atoms with Crippen LogP contribution in [0, 0.1) is 0 Å². The van der Waals surface area contributed by atoms with E-state index in [1.54, 1.807) is 6.07 Å². The molecule has 0 saturated carbocycles. The molecule has 0 atom stereocenters. The molecule has 0 aliphatic rings. The zero-order chi connectivity index (χ0) is 26.8. The number of alkyl halides is 13. The topological polar surface area (TPSA) is 47.3 Å². The number of aromatic nitrogens is 3. The highest BCUT2D eigenvalue weighted by molar-refractivity contribution is 7.19. The Balaban J connectivity index is 2.18. The molecular weight excluding hydrogens is 541 g/mol. The summed E-state index contributed by atoms with van der Waals surface area (Å²) in [4.78, 5) is 11.3. The van der Waals surface area contributed by atoms with Crippen molar-refractivity contribution >= 4 is 16.3 Å². The first kappa shape index (κ1) is 26.7. The molecule has 0 spiro atoms. The summed E-state index contributed by atoms with van der Waals surface area (Å²) in [5.74, 6) is -40.9. The van der Waals surface area contributed by atoms with Gasteiger partial charge in [-0.2, -0.15) is 57.1 Å². The Morgan fingerprint density at radius 1 is 0.686 bits per heavy atom. The maximum atomic E-state index is 14.5. The van der Waals surface area contributed by atoms with Gasteiger partial charge in [0.05, 0.1) is 0 Å². The van der Waals surface area contributed by atoms with Crippen LogP contribution in [-0.2, 0) is 5.92 Å². The highest BCUT2D eigenvalue weighted by atomic mass is 32.1. The highest BCUT2D eigenvalue weighted by Crippen LogP contribution is 2.61. The molecular formula is C17H6F13N3OS. The molecule has 0 fully saturated rings. The van der Waals surface area contributed by atoms with Crippen LogP contribution in [0.1, 0.15) is 5.82 Å². The summed E-state index contributed by atoms with van der Waals surface area (Å²) in [6, 6.07) is 7.84. The summed E-state index contributed by atoms with van der Waals surface area (Å²) in [5, 5.41) is 5.38. The Labute approximate surface area is 187 Å². The maximum Gasteiger partial charge on any atom is 0.460 e. The largest absolute Gasteiger partial charge is 0.460 e. The molecule has 18 heteroatoms. The molecule has 35 heavy (non-hydrogen) atoms. The van der Waals surface area contributed by atoms with E-state index in [2.05, 4.69) is 10.2 Å². The third-order valence-corrected chi connectivity index (χ3v) is 5.60. The fraction of sp³-hybridized carbons (Fsp3) is 0.353. The molecule has 0 unspecified atom stereocenters. The van der Waals surface area contributed by atoms with Crippen LogP contribution in [0.4, 0.5) is 57.1 Å². The van der Waals surface area contributed by atoms with Crippen molar-refractivity contribution < 1.29 is 57.1 Å². The number of halogens is 13. The van der Waals surface area contributed by atoms with Crippen LogP contribution in [0.3, 0.4) is 0 Å². The zero-order valence-corrected chi connectivity index (χ0v) is 16.9. The standard InChI is InChI=1S/C17H6F13N3OS/c18-12(19,13(20,21)14(22,23)15(24,25)16(26,27)17(28,29)30)10-31-32-11-33(10)9(34)6-8(35-11)7-4-2-1-3-5-7/h1-6H. The summed E-state index contributed by atoms with van der Waals surface area (Å²) < 4.78 is 174. The first-order valence-electron chi connectivity index (χ1n) is 8.63. The van der Waals surface area contributed by atoms with Crippen LogP contribution in [0.25, 0.3) is 15.4 Å². The van der Waals surface area contributed by atoms with E-state index >= 15 is 0 Å². The monoisotopic (exact) mass is 547 g/mol. The molecule has 4 nitrogen and oxygen atoms in total. The molecule has 0 radical (unpaired) electrons. The van der Waals surface area contributed by atoms with Gasteiger partial charge in [0, 0.05) is 10.9 Å². The van der Waals surface area contributed by atoms with Crippen molar-refractivity contribution in [3.63, 3.8) is 0 Å². The molecule has 2 aromatic heterocycles. The van der Waals surface area contributed by atoms with Gasteiger partial charge in [-0.15, -0.1) is 10.2 Å². The van der Waals surface area contributed by atoms with E-state index in [1.807, 2.05) is 0 Å². The molecule has 0 amide bonds. The minimum Gasteiger partial charge on any atom is -0.269 e. The van der Waals surface area contributed by atoms with Crippen LogP contribution in [0.15, 0.2) is 41.2 Å². The Morgan fingerprint density at radius 2 is 1.20 bits per heavy atom. The van der Waals surface area contributed by atoms with Crippen molar-refractivity contribution in [3.05, 3.63) is 52.6 Å². The molecule has 1 aromatic carbocycles. The fourth-order valence-corrected chi connectivity index (χ4v) is 3.66. The van der Waals surface area contributed by atoms with Gasteiger partial charge < -0.3 is 0 Å². The molecule has 3 rings (SSSR count). The van der Waals surface area contributed by atoms with Gasteiger partial charge in [0.2, 0.25) is 10.8 Å². The summed E-state index contributed by atoms with van der Waals surface area (Å²) in [6.07, 6.45) is -7.52. The van der Waals surface area contributed by atoms with Gasteiger partial charge >= 0.3 is 35.8 Å². The molecule has 192 valence electrons. The van der Waals surface area contributed by atoms with E-state index in [0.29, 0.717) is 17.4 Å². The minimum atomic E-state index is -8.06. The third kappa shape index (κ3) is 3.63. The number of hydrogen-bond acceptors (Lipinski definition) is 4. The molecule has 0 saturated heterocycles. The predicted molar refractivity (Wildman–Crippen MR) is 92.3 cm³/mol. The van der Waals surface area contributed by atoms with Crippen molar-refractivity contribution in [1.82, 2.24) is 14.6 Å². The second-order valence-electron chi connectivity index (χ2n) is 6.83. The van der Waals surface area contributed by atoms with Crippen molar-refractivity contribution in [1.29, 1.82) is 0 Å². The summed E-state index contributed by atoms with van der Waals surface area (Å²) >= 11 is 0.329. The van der Waals surface area contributed by atoms with Crippen molar-refractivity contribution in [2.45, 2.75) is 35.8 Å².